The molecule has 7 heteroatoms. The standard InChI is InChI=1S/C22H28N2O4S/c1-15(21-14-16-4-5-17(21)13-16)24-29(26,27)20-9-6-18(7-10-20)23-22(25)11-8-19-3-2-12-28-19/h2-3,6-7,9-10,12,15-17,21,24H,4-5,8,11,13-14H2,1H3,(H,23,25). The summed E-state index contributed by atoms with van der Waals surface area (Å²) in [7, 11) is -3.57. The molecule has 0 aliphatic heterocycles. The van der Waals surface area contributed by atoms with E-state index in [1.165, 1.54) is 31.4 Å². The molecule has 2 N–H and O–H groups in total. The van der Waals surface area contributed by atoms with Gasteiger partial charge >= 0.3 is 0 Å². The fraction of sp³-hybridized carbons (Fsp3) is 0.500. The van der Waals surface area contributed by atoms with Crippen molar-refractivity contribution in [2.75, 3.05) is 5.32 Å². The summed E-state index contributed by atoms with van der Waals surface area (Å²) < 4.78 is 33.6. The van der Waals surface area contributed by atoms with Crippen LogP contribution < -0.4 is 10.0 Å². The van der Waals surface area contributed by atoms with Gasteiger partial charge in [0.05, 0.1) is 11.2 Å². The van der Waals surface area contributed by atoms with Crippen molar-refractivity contribution in [2.24, 2.45) is 17.8 Å². The first kappa shape index (κ1) is 20.2. The van der Waals surface area contributed by atoms with Gasteiger partial charge in [0.25, 0.3) is 0 Å². The lowest BCUT2D eigenvalue weighted by molar-refractivity contribution is -0.116. The molecule has 1 amide bonds. The number of anilines is 1. The predicted octanol–water partition coefficient (Wildman–Crippen LogP) is 3.95. The summed E-state index contributed by atoms with van der Waals surface area (Å²) >= 11 is 0. The topological polar surface area (TPSA) is 88.4 Å². The second-order valence-corrected chi connectivity index (χ2v) is 10.1. The van der Waals surface area contributed by atoms with Gasteiger partial charge in [0.2, 0.25) is 15.9 Å². The summed E-state index contributed by atoms with van der Waals surface area (Å²) in [5.41, 5.74) is 0.578. The molecule has 1 heterocycles. The number of amides is 1. The SMILES string of the molecule is CC(NS(=O)(=O)c1ccc(NC(=O)CCc2ccco2)cc1)C1CC2CCC1C2. The Bertz CT molecular complexity index is 938. The maximum Gasteiger partial charge on any atom is 0.240 e. The van der Waals surface area contributed by atoms with E-state index in [4.69, 9.17) is 4.42 Å². The van der Waals surface area contributed by atoms with Gasteiger partial charge in [-0.2, -0.15) is 0 Å². The highest BCUT2D eigenvalue weighted by Gasteiger charge is 2.42. The number of nitrogens with one attached hydrogen (secondary N) is 2. The Morgan fingerprint density at radius 3 is 2.59 bits per heavy atom. The van der Waals surface area contributed by atoms with Crippen LogP contribution in [0.4, 0.5) is 5.69 Å². The van der Waals surface area contributed by atoms with Crippen LogP contribution in [-0.4, -0.2) is 20.4 Å². The van der Waals surface area contributed by atoms with Gasteiger partial charge in [-0.3, -0.25) is 4.79 Å². The van der Waals surface area contributed by atoms with Crippen LogP contribution >= 0.6 is 0 Å². The van der Waals surface area contributed by atoms with Crippen molar-refractivity contribution in [1.82, 2.24) is 4.72 Å². The first-order valence-corrected chi connectivity index (χ1v) is 11.8. The molecule has 2 bridgehead atoms. The van der Waals surface area contributed by atoms with E-state index >= 15 is 0 Å². The van der Waals surface area contributed by atoms with E-state index in [-0.39, 0.29) is 16.8 Å². The number of carbonyl (C=O) groups is 1. The molecule has 0 saturated heterocycles. The summed E-state index contributed by atoms with van der Waals surface area (Å²) in [5.74, 6) is 2.51. The van der Waals surface area contributed by atoms with Gasteiger partial charge in [-0.25, -0.2) is 13.1 Å². The molecule has 2 aliphatic rings. The molecule has 4 unspecified atom stereocenters. The van der Waals surface area contributed by atoms with E-state index < -0.39 is 10.0 Å². The first-order valence-electron chi connectivity index (χ1n) is 10.4. The van der Waals surface area contributed by atoms with Crippen LogP contribution in [0.5, 0.6) is 0 Å². The Morgan fingerprint density at radius 1 is 1.17 bits per heavy atom. The quantitative estimate of drug-likeness (QED) is 0.682. The molecule has 0 radical (unpaired) electrons. The van der Waals surface area contributed by atoms with E-state index in [0.717, 1.165) is 18.1 Å². The molecule has 6 nitrogen and oxygen atoms in total. The average Bonchev–Trinajstić information content (AvgIpc) is 3.44. The zero-order valence-electron chi connectivity index (χ0n) is 16.6. The minimum Gasteiger partial charge on any atom is -0.469 e. The maximum absolute atomic E-state index is 12.8. The zero-order valence-corrected chi connectivity index (χ0v) is 17.5. The van der Waals surface area contributed by atoms with E-state index in [1.54, 1.807) is 24.5 Å². The molecule has 1 aromatic carbocycles. The molecule has 4 atom stereocenters. The number of aryl methyl sites for hydroxylation is 1. The molecule has 0 spiro atoms. The fourth-order valence-corrected chi connectivity index (χ4v) is 6.23. The van der Waals surface area contributed by atoms with E-state index in [2.05, 4.69) is 10.0 Å². The highest BCUT2D eigenvalue weighted by atomic mass is 32.2. The predicted molar refractivity (Wildman–Crippen MR) is 111 cm³/mol. The van der Waals surface area contributed by atoms with Gasteiger partial charge in [0.1, 0.15) is 5.76 Å². The van der Waals surface area contributed by atoms with E-state index in [9.17, 15) is 13.2 Å². The van der Waals surface area contributed by atoms with Crippen LogP contribution in [0, 0.1) is 17.8 Å². The molecular formula is C22H28N2O4S. The molecule has 2 aromatic rings. The number of hydrogen-bond donors (Lipinski definition) is 2. The Morgan fingerprint density at radius 2 is 1.97 bits per heavy atom. The second kappa shape index (κ2) is 8.32. The van der Waals surface area contributed by atoms with Crippen molar-refractivity contribution in [3.8, 4) is 0 Å². The third kappa shape index (κ3) is 4.73. The van der Waals surface area contributed by atoms with Gasteiger partial charge in [-0.1, -0.05) is 6.42 Å². The third-order valence-corrected chi connectivity index (χ3v) is 7.98. The molecule has 4 rings (SSSR count). The Labute approximate surface area is 172 Å². The third-order valence-electron chi connectivity index (χ3n) is 6.40. The molecule has 29 heavy (non-hydrogen) atoms. The number of sulfonamides is 1. The van der Waals surface area contributed by atoms with Crippen molar-refractivity contribution < 1.29 is 17.6 Å². The summed E-state index contributed by atoms with van der Waals surface area (Å²) in [5, 5.41) is 2.79. The summed E-state index contributed by atoms with van der Waals surface area (Å²) in [6.07, 6.45) is 7.33. The molecule has 1 aromatic heterocycles. The van der Waals surface area contributed by atoms with Crippen LogP contribution in [-0.2, 0) is 21.2 Å². The van der Waals surface area contributed by atoms with Crippen LogP contribution in [0.1, 0.15) is 44.8 Å². The minimum absolute atomic E-state index is 0.0590. The lowest BCUT2D eigenvalue weighted by Gasteiger charge is -2.28. The van der Waals surface area contributed by atoms with Crippen molar-refractivity contribution in [2.45, 2.75) is 56.4 Å². The maximum atomic E-state index is 12.8. The fourth-order valence-electron chi connectivity index (χ4n) is 4.94. The number of fused-ring (bicyclic) bond motifs is 2. The van der Waals surface area contributed by atoms with Crippen molar-refractivity contribution in [1.29, 1.82) is 0 Å². The van der Waals surface area contributed by atoms with Gasteiger partial charge in [-0.15, -0.1) is 0 Å². The van der Waals surface area contributed by atoms with Gasteiger partial charge in [0.15, 0.2) is 0 Å². The molecule has 2 saturated carbocycles. The normalized spacial score (nSPS) is 24.5. The van der Waals surface area contributed by atoms with Crippen LogP contribution in [0.25, 0.3) is 0 Å². The number of rotatable bonds is 8. The Balaban J connectivity index is 1.32. The molecular weight excluding hydrogens is 388 g/mol. The Hall–Kier alpha value is -2.12. The van der Waals surface area contributed by atoms with E-state index in [0.29, 0.717) is 30.4 Å². The highest BCUT2D eigenvalue weighted by molar-refractivity contribution is 7.89. The average molecular weight is 417 g/mol. The number of carbonyl (C=O) groups excluding carboxylic acids is 1. The minimum atomic E-state index is -3.57. The monoisotopic (exact) mass is 416 g/mol. The van der Waals surface area contributed by atoms with Crippen molar-refractivity contribution >= 4 is 21.6 Å². The van der Waals surface area contributed by atoms with Crippen LogP contribution in [0.15, 0.2) is 52.0 Å². The van der Waals surface area contributed by atoms with Crippen LogP contribution in [0.2, 0.25) is 0 Å². The van der Waals surface area contributed by atoms with Gasteiger partial charge < -0.3 is 9.73 Å². The highest BCUT2D eigenvalue weighted by Crippen LogP contribution is 2.49. The number of benzene rings is 1. The summed E-state index contributed by atoms with van der Waals surface area (Å²) in [4.78, 5) is 12.3. The molecule has 2 aliphatic carbocycles. The first-order chi connectivity index (χ1) is 13.9. The lowest BCUT2D eigenvalue weighted by Crippen LogP contribution is -2.40. The van der Waals surface area contributed by atoms with Gasteiger partial charge in [0, 0.05) is 24.6 Å². The smallest absolute Gasteiger partial charge is 0.240 e. The lowest BCUT2D eigenvalue weighted by atomic mass is 9.84. The second-order valence-electron chi connectivity index (χ2n) is 8.40. The summed E-state index contributed by atoms with van der Waals surface area (Å²) in [6, 6.07) is 9.89. The zero-order chi connectivity index (χ0) is 20.4. The van der Waals surface area contributed by atoms with Crippen LogP contribution in [0.3, 0.4) is 0 Å². The van der Waals surface area contributed by atoms with Gasteiger partial charge in [-0.05, 0) is 80.3 Å². The van der Waals surface area contributed by atoms with Crippen molar-refractivity contribution in [3.05, 3.63) is 48.4 Å². The Kier molecular flexibility index (Phi) is 5.79. The largest absolute Gasteiger partial charge is 0.469 e. The number of furan rings is 1. The molecule has 2 fully saturated rings. The molecule has 156 valence electrons. The number of hydrogen-bond acceptors (Lipinski definition) is 4. The summed E-state index contributed by atoms with van der Waals surface area (Å²) in [6.45, 7) is 1.98. The van der Waals surface area contributed by atoms with E-state index in [1.807, 2.05) is 13.0 Å². The van der Waals surface area contributed by atoms with Crippen molar-refractivity contribution in [3.63, 3.8) is 0 Å².